The normalized spacial score (nSPS) is 20.9. The average molecular weight is 342 g/mol. The standard InChI is InChI=1S/C19H26N4O2/c1-12(2)15-5-7-16(8-6-15)23-11-17(24)18(21-23)19(25)22-10-9-20-13(3)14(22)4/h5-8,11-14,20,24H,9-10H2,1-4H3. The molecule has 2 unspecified atom stereocenters. The molecule has 1 aliphatic rings. The van der Waals surface area contributed by atoms with Gasteiger partial charge in [-0.1, -0.05) is 26.0 Å². The lowest BCUT2D eigenvalue weighted by atomic mass is 10.0. The molecule has 25 heavy (non-hydrogen) atoms. The molecule has 1 aliphatic heterocycles. The van der Waals surface area contributed by atoms with Crippen molar-refractivity contribution in [2.45, 2.75) is 45.7 Å². The number of aromatic hydroxyl groups is 1. The molecule has 0 aliphatic carbocycles. The first-order valence-electron chi connectivity index (χ1n) is 8.81. The monoisotopic (exact) mass is 342 g/mol. The minimum absolute atomic E-state index is 0.0520. The summed E-state index contributed by atoms with van der Waals surface area (Å²) in [4.78, 5) is 14.6. The van der Waals surface area contributed by atoms with Crippen molar-refractivity contribution in [1.82, 2.24) is 20.0 Å². The molecule has 0 spiro atoms. The van der Waals surface area contributed by atoms with Gasteiger partial charge in [-0.05, 0) is 37.5 Å². The third kappa shape index (κ3) is 3.39. The van der Waals surface area contributed by atoms with E-state index in [0.717, 1.165) is 12.2 Å². The Morgan fingerprint density at radius 3 is 2.60 bits per heavy atom. The zero-order chi connectivity index (χ0) is 18.1. The van der Waals surface area contributed by atoms with Crippen molar-refractivity contribution in [3.63, 3.8) is 0 Å². The lowest BCUT2D eigenvalue weighted by Crippen LogP contribution is -2.57. The summed E-state index contributed by atoms with van der Waals surface area (Å²) in [5.74, 6) is 0.139. The molecule has 2 N–H and O–H groups in total. The van der Waals surface area contributed by atoms with E-state index in [1.54, 1.807) is 9.58 Å². The van der Waals surface area contributed by atoms with E-state index in [9.17, 15) is 9.90 Å². The Bertz CT molecular complexity index is 751. The number of amides is 1. The number of rotatable bonds is 3. The molecule has 1 saturated heterocycles. The fourth-order valence-electron chi connectivity index (χ4n) is 3.14. The van der Waals surface area contributed by atoms with Crippen LogP contribution in [0.2, 0.25) is 0 Å². The minimum Gasteiger partial charge on any atom is -0.504 e. The van der Waals surface area contributed by atoms with Crippen molar-refractivity contribution in [2.24, 2.45) is 0 Å². The van der Waals surface area contributed by atoms with E-state index in [4.69, 9.17) is 0 Å². The first-order valence-corrected chi connectivity index (χ1v) is 8.81. The van der Waals surface area contributed by atoms with Crippen LogP contribution in [0.15, 0.2) is 30.5 Å². The fourth-order valence-corrected chi connectivity index (χ4v) is 3.14. The predicted molar refractivity (Wildman–Crippen MR) is 97.3 cm³/mol. The minimum atomic E-state index is -0.226. The summed E-state index contributed by atoms with van der Waals surface area (Å²) < 4.78 is 1.56. The SMILES string of the molecule is CC(C)c1ccc(-n2cc(O)c(C(=O)N3CCNC(C)C3C)n2)cc1. The highest BCUT2D eigenvalue weighted by molar-refractivity contribution is 5.95. The van der Waals surface area contributed by atoms with Crippen LogP contribution in [0.4, 0.5) is 0 Å². The van der Waals surface area contributed by atoms with Crippen molar-refractivity contribution >= 4 is 5.91 Å². The zero-order valence-corrected chi connectivity index (χ0v) is 15.2. The van der Waals surface area contributed by atoms with Crippen LogP contribution >= 0.6 is 0 Å². The van der Waals surface area contributed by atoms with E-state index in [-0.39, 0.29) is 29.4 Å². The van der Waals surface area contributed by atoms with Crippen LogP contribution in [-0.4, -0.2) is 50.9 Å². The summed E-state index contributed by atoms with van der Waals surface area (Å²) in [6.45, 7) is 9.70. The molecule has 3 rings (SSSR count). The molecule has 1 aromatic carbocycles. The Labute approximate surface area is 148 Å². The highest BCUT2D eigenvalue weighted by atomic mass is 16.3. The smallest absolute Gasteiger partial charge is 0.278 e. The van der Waals surface area contributed by atoms with Gasteiger partial charge in [-0.15, -0.1) is 0 Å². The molecule has 2 aromatic rings. The Balaban J connectivity index is 1.85. The van der Waals surface area contributed by atoms with Crippen LogP contribution in [0.3, 0.4) is 0 Å². The zero-order valence-electron chi connectivity index (χ0n) is 15.2. The van der Waals surface area contributed by atoms with Gasteiger partial charge in [0.15, 0.2) is 11.4 Å². The number of aromatic nitrogens is 2. The van der Waals surface area contributed by atoms with Gasteiger partial charge >= 0.3 is 0 Å². The summed E-state index contributed by atoms with van der Waals surface area (Å²) in [6, 6.07) is 8.25. The van der Waals surface area contributed by atoms with Gasteiger partial charge in [0.25, 0.3) is 5.91 Å². The Kier molecular flexibility index (Phi) is 4.81. The molecule has 1 amide bonds. The molecule has 2 atom stereocenters. The molecule has 0 saturated carbocycles. The van der Waals surface area contributed by atoms with E-state index < -0.39 is 0 Å². The van der Waals surface area contributed by atoms with Gasteiger partial charge in [0, 0.05) is 25.2 Å². The van der Waals surface area contributed by atoms with Crippen molar-refractivity contribution in [3.8, 4) is 11.4 Å². The largest absolute Gasteiger partial charge is 0.504 e. The maximum absolute atomic E-state index is 12.8. The van der Waals surface area contributed by atoms with Crippen molar-refractivity contribution in [2.75, 3.05) is 13.1 Å². The topological polar surface area (TPSA) is 70.4 Å². The first kappa shape index (κ1) is 17.5. The van der Waals surface area contributed by atoms with Gasteiger partial charge in [-0.25, -0.2) is 4.68 Å². The van der Waals surface area contributed by atoms with Crippen LogP contribution in [0.5, 0.6) is 5.75 Å². The molecular formula is C19H26N4O2. The van der Waals surface area contributed by atoms with Gasteiger partial charge < -0.3 is 15.3 Å². The first-order chi connectivity index (χ1) is 11.9. The van der Waals surface area contributed by atoms with Gasteiger partial charge in [-0.3, -0.25) is 4.79 Å². The van der Waals surface area contributed by atoms with Crippen molar-refractivity contribution in [3.05, 3.63) is 41.7 Å². The second kappa shape index (κ2) is 6.88. The van der Waals surface area contributed by atoms with Crippen LogP contribution < -0.4 is 5.32 Å². The molecule has 0 bridgehead atoms. The summed E-state index contributed by atoms with van der Waals surface area (Å²) in [5, 5.41) is 17.9. The quantitative estimate of drug-likeness (QED) is 0.899. The van der Waals surface area contributed by atoms with Crippen LogP contribution in [0, 0.1) is 0 Å². The van der Waals surface area contributed by atoms with E-state index in [1.807, 2.05) is 31.2 Å². The molecule has 0 radical (unpaired) electrons. The molecular weight excluding hydrogens is 316 g/mol. The van der Waals surface area contributed by atoms with Crippen molar-refractivity contribution < 1.29 is 9.90 Å². The molecule has 6 heteroatoms. The summed E-state index contributed by atoms with van der Waals surface area (Å²) in [7, 11) is 0. The van der Waals surface area contributed by atoms with E-state index in [2.05, 4.69) is 31.2 Å². The Morgan fingerprint density at radius 2 is 1.96 bits per heavy atom. The molecule has 1 fully saturated rings. The summed E-state index contributed by atoms with van der Waals surface area (Å²) in [6.07, 6.45) is 1.49. The highest BCUT2D eigenvalue weighted by Gasteiger charge is 2.31. The molecule has 2 heterocycles. The summed E-state index contributed by atoms with van der Waals surface area (Å²) >= 11 is 0. The number of benzene rings is 1. The van der Waals surface area contributed by atoms with Gasteiger partial charge in [0.1, 0.15) is 0 Å². The predicted octanol–water partition coefficient (Wildman–Crippen LogP) is 2.52. The number of carbonyl (C=O) groups excluding carboxylic acids is 1. The highest BCUT2D eigenvalue weighted by Crippen LogP contribution is 2.23. The van der Waals surface area contributed by atoms with E-state index in [1.165, 1.54) is 11.8 Å². The number of nitrogens with one attached hydrogen (secondary N) is 1. The van der Waals surface area contributed by atoms with Gasteiger partial charge in [0.05, 0.1) is 11.9 Å². The van der Waals surface area contributed by atoms with Gasteiger partial charge in [0.2, 0.25) is 0 Å². The average Bonchev–Trinajstić information content (AvgIpc) is 2.98. The second-order valence-electron chi connectivity index (χ2n) is 7.04. The van der Waals surface area contributed by atoms with Crippen LogP contribution in [0.1, 0.15) is 49.7 Å². The summed E-state index contributed by atoms with van der Waals surface area (Å²) in [5.41, 5.74) is 2.16. The van der Waals surface area contributed by atoms with Crippen LogP contribution in [-0.2, 0) is 0 Å². The lowest BCUT2D eigenvalue weighted by Gasteiger charge is -2.38. The Morgan fingerprint density at radius 1 is 1.28 bits per heavy atom. The third-order valence-electron chi connectivity index (χ3n) is 5.02. The number of hydrogen-bond acceptors (Lipinski definition) is 4. The number of carbonyl (C=O) groups is 1. The number of nitrogens with zero attached hydrogens (tertiary/aromatic N) is 3. The van der Waals surface area contributed by atoms with E-state index in [0.29, 0.717) is 12.5 Å². The number of hydrogen-bond donors (Lipinski definition) is 2. The molecule has 6 nitrogen and oxygen atoms in total. The number of piperazine rings is 1. The van der Waals surface area contributed by atoms with Crippen molar-refractivity contribution in [1.29, 1.82) is 0 Å². The molecule has 134 valence electrons. The van der Waals surface area contributed by atoms with E-state index >= 15 is 0 Å². The fraction of sp³-hybridized carbons (Fsp3) is 0.474. The van der Waals surface area contributed by atoms with Crippen LogP contribution in [0.25, 0.3) is 5.69 Å². The third-order valence-corrected chi connectivity index (χ3v) is 5.02. The maximum atomic E-state index is 12.8. The second-order valence-corrected chi connectivity index (χ2v) is 7.04. The maximum Gasteiger partial charge on any atom is 0.278 e. The Hall–Kier alpha value is -2.34. The lowest BCUT2D eigenvalue weighted by molar-refractivity contribution is 0.0593. The van der Waals surface area contributed by atoms with Gasteiger partial charge in [-0.2, -0.15) is 5.10 Å². The molecule has 1 aromatic heterocycles.